The van der Waals surface area contributed by atoms with Crippen LogP contribution in [0.5, 0.6) is 0 Å². The number of anilines is 1. The molecule has 0 bridgehead atoms. The third-order valence-electron chi connectivity index (χ3n) is 2.42. The number of hydrogen-bond acceptors (Lipinski definition) is 4. The molecular formula is C11H17N3O2. The van der Waals surface area contributed by atoms with Crippen LogP contribution < -0.4 is 10.6 Å². The Morgan fingerprint density at radius 3 is 2.88 bits per heavy atom. The highest BCUT2D eigenvalue weighted by Gasteiger charge is 2.12. The molecule has 2 N–H and O–H groups in total. The minimum atomic E-state index is -0.519. The number of methoxy groups -OCH3 is 1. The van der Waals surface area contributed by atoms with Crippen LogP contribution >= 0.6 is 0 Å². The van der Waals surface area contributed by atoms with Crippen LogP contribution in [0.4, 0.5) is 5.82 Å². The van der Waals surface area contributed by atoms with Crippen molar-refractivity contribution in [3.63, 3.8) is 0 Å². The SMILES string of the molecule is COC[C@H](C)N(C)c1cccc(C(N)=O)n1. The van der Waals surface area contributed by atoms with Crippen molar-refractivity contribution in [1.29, 1.82) is 0 Å². The van der Waals surface area contributed by atoms with Gasteiger partial charge in [0, 0.05) is 14.2 Å². The van der Waals surface area contributed by atoms with Crippen molar-refractivity contribution >= 4 is 11.7 Å². The summed E-state index contributed by atoms with van der Waals surface area (Å²) in [6, 6.07) is 5.37. The van der Waals surface area contributed by atoms with E-state index in [1.165, 1.54) is 0 Å². The van der Waals surface area contributed by atoms with Crippen molar-refractivity contribution < 1.29 is 9.53 Å². The lowest BCUT2D eigenvalue weighted by Crippen LogP contribution is -2.33. The second kappa shape index (κ2) is 5.46. The minimum absolute atomic E-state index is 0.181. The number of ether oxygens (including phenoxy) is 1. The fourth-order valence-corrected chi connectivity index (χ4v) is 1.34. The average Bonchev–Trinajstić information content (AvgIpc) is 2.28. The molecule has 0 aliphatic carbocycles. The Hall–Kier alpha value is -1.62. The Morgan fingerprint density at radius 1 is 1.62 bits per heavy atom. The molecule has 0 fully saturated rings. The van der Waals surface area contributed by atoms with Crippen LogP contribution in [-0.2, 0) is 4.74 Å². The van der Waals surface area contributed by atoms with Gasteiger partial charge in [-0.2, -0.15) is 0 Å². The molecule has 1 heterocycles. The zero-order valence-electron chi connectivity index (χ0n) is 9.80. The molecule has 1 rings (SSSR count). The monoisotopic (exact) mass is 223 g/mol. The van der Waals surface area contributed by atoms with Gasteiger partial charge in [-0.3, -0.25) is 4.79 Å². The first kappa shape index (κ1) is 12.4. The molecule has 0 unspecified atom stereocenters. The van der Waals surface area contributed by atoms with E-state index in [4.69, 9.17) is 10.5 Å². The van der Waals surface area contributed by atoms with Gasteiger partial charge in [-0.1, -0.05) is 6.07 Å². The Bertz CT molecular complexity index is 368. The first-order chi connectivity index (χ1) is 7.56. The van der Waals surface area contributed by atoms with E-state index in [2.05, 4.69) is 4.98 Å². The Morgan fingerprint density at radius 2 is 2.31 bits per heavy atom. The third-order valence-corrected chi connectivity index (χ3v) is 2.42. The van der Waals surface area contributed by atoms with Gasteiger partial charge in [-0.25, -0.2) is 4.98 Å². The molecule has 0 aliphatic heterocycles. The van der Waals surface area contributed by atoms with Crippen LogP contribution in [0, 0.1) is 0 Å². The summed E-state index contributed by atoms with van der Waals surface area (Å²) >= 11 is 0. The first-order valence-electron chi connectivity index (χ1n) is 5.05. The van der Waals surface area contributed by atoms with Crippen molar-refractivity contribution in [2.75, 3.05) is 25.7 Å². The first-order valence-corrected chi connectivity index (χ1v) is 5.05. The molecule has 0 saturated heterocycles. The number of nitrogens with zero attached hydrogens (tertiary/aromatic N) is 2. The summed E-state index contributed by atoms with van der Waals surface area (Å²) in [7, 11) is 3.55. The van der Waals surface area contributed by atoms with Gasteiger partial charge in [0.15, 0.2) is 0 Å². The second-order valence-corrected chi connectivity index (χ2v) is 3.66. The number of amides is 1. The molecule has 0 aromatic carbocycles. The summed E-state index contributed by atoms with van der Waals surface area (Å²) in [6.45, 7) is 2.61. The molecule has 88 valence electrons. The maximum Gasteiger partial charge on any atom is 0.267 e. The molecule has 0 saturated carbocycles. The van der Waals surface area contributed by atoms with Gasteiger partial charge in [-0.05, 0) is 19.1 Å². The fourth-order valence-electron chi connectivity index (χ4n) is 1.34. The van der Waals surface area contributed by atoms with Crippen molar-refractivity contribution in [3.8, 4) is 0 Å². The summed E-state index contributed by atoms with van der Waals surface area (Å²) in [6.07, 6.45) is 0. The highest BCUT2D eigenvalue weighted by Crippen LogP contribution is 2.12. The summed E-state index contributed by atoms with van der Waals surface area (Å²) in [5.41, 5.74) is 5.45. The van der Waals surface area contributed by atoms with Crippen LogP contribution in [-0.4, -0.2) is 37.7 Å². The predicted octanol–water partition coefficient (Wildman–Crippen LogP) is 0.652. The number of primary amides is 1. The zero-order chi connectivity index (χ0) is 12.1. The topological polar surface area (TPSA) is 68.5 Å². The Balaban J connectivity index is 2.86. The lowest BCUT2D eigenvalue weighted by molar-refractivity contribution is 0.0995. The predicted molar refractivity (Wildman–Crippen MR) is 62.5 cm³/mol. The maximum absolute atomic E-state index is 11.0. The summed E-state index contributed by atoms with van der Waals surface area (Å²) in [4.78, 5) is 17.1. The van der Waals surface area contributed by atoms with E-state index in [1.807, 2.05) is 24.9 Å². The highest BCUT2D eigenvalue weighted by molar-refractivity contribution is 5.91. The third kappa shape index (κ3) is 2.93. The molecule has 1 aromatic rings. The highest BCUT2D eigenvalue weighted by atomic mass is 16.5. The van der Waals surface area contributed by atoms with Crippen LogP contribution in [0.1, 0.15) is 17.4 Å². The number of carbonyl (C=O) groups excluding carboxylic acids is 1. The van der Waals surface area contributed by atoms with E-state index in [0.29, 0.717) is 12.4 Å². The van der Waals surface area contributed by atoms with Crippen molar-refractivity contribution in [3.05, 3.63) is 23.9 Å². The maximum atomic E-state index is 11.0. The van der Waals surface area contributed by atoms with Crippen molar-refractivity contribution in [2.24, 2.45) is 5.73 Å². The molecule has 0 spiro atoms. The van der Waals surface area contributed by atoms with E-state index in [-0.39, 0.29) is 11.7 Å². The number of rotatable bonds is 5. The van der Waals surface area contributed by atoms with Crippen LogP contribution in [0.2, 0.25) is 0 Å². The summed E-state index contributed by atoms with van der Waals surface area (Å²) in [5.74, 6) is 0.190. The number of carbonyl (C=O) groups is 1. The lowest BCUT2D eigenvalue weighted by Gasteiger charge is -2.25. The van der Waals surface area contributed by atoms with E-state index < -0.39 is 5.91 Å². The van der Waals surface area contributed by atoms with Crippen molar-refractivity contribution in [1.82, 2.24) is 4.98 Å². The molecule has 0 radical (unpaired) electrons. The van der Waals surface area contributed by atoms with Crippen LogP contribution in [0.15, 0.2) is 18.2 Å². The van der Waals surface area contributed by atoms with E-state index in [0.717, 1.165) is 0 Å². The standard InChI is InChI=1S/C11H17N3O2/c1-8(7-16-3)14(2)10-6-4-5-9(13-10)11(12)15/h4-6,8H,7H2,1-3H3,(H2,12,15)/t8-/m0/s1. The van der Waals surface area contributed by atoms with E-state index in [9.17, 15) is 4.79 Å². The molecule has 1 amide bonds. The molecular weight excluding hydrogens is 206 g/mol. The Labute approximate surface area is 95.2 Å². The van der Waals surface area contributed by atoms with E-state index in [1.54, 1.807) is 19.2 Å². The molecule has 1 aromatic heterocycles. The Kier molecular flexibility index (Phi) is 4.25. The zero-order valence-corrected chi connectivity index (χ0v) is 9.80. The summed E-state index contributed by atoms with van der Waals surface area (Å²) in [5, 5.41) is 0. The number of hydrogen-bond donors (Lipinski definition) is 1. The second-order valence-electron chi connectivity index (χ2n) is 3.66. The van der Waals surface area contributed by atoms with Gasteiger partial charge in [0.05, 0.1) is 12.6 Å². The van der Waals surface area contributed by atoms with Gasteiger partial charge in [0.2, 0.25) is 0 Å². The largest absolute Gasteiger partial charge is 0.383 e. The molecule has 0 aliphatic rings. The number of likely N-dealkylation sites (N-methyl/N-ethyl adjacent to an activating group) is 1. The van der Waals surface area contributed by atoms with Crippen molar-refractivity contribution in [2.45, 2.75) is 13.0 Å². The number of pyridine rings is 1. The molecule has 1 atom stereocenters. The normalized spacial score (nSPS) is 12.2. The van der Waals surface area contributed by atoms with Gasteiger partial charge in [0.25, 0.3) is 5.91 Å². The minimum Gasteiger partial charge on any atom is -0.383 e. The molecule has 5 heteroatoms. The van der Waals surface area contributed by atoms with Gasteiger partial charge in [0.1, 0.15) is 11.5 Å². The smallest absolute Gasteiger partial charge is 0.267 e. The average molecular weight is 223 g/mol. The van der Waals surface area contributed by atoms with Crippen LogP contribution in [0.25, 0.3) is 0 Å². The number of nitrogens with two attached hydrogens (primary N) is 1. The van der Waals surface area contributed by atoms with E-state index >= 15 is 0 Å². The number of aromatic nitrogens is 1. The molecule has 5 nitrogen and oxygen atoms in total. The quantitative estimate of drug-likeness (QED) is 0.795. The summed E-state index contributed by atoms with van der Waals surface area (Å²) < 4.78 is 5.06. The lowest BCUT2D eigenvalue weighted by atomic mass is 10.3. The van der Waals surface area contributed by atoms with Gasteiger partial charge < -0.3 is 15.4 Å². The fraction of sp³-hybridized carbons (Fsp3) is 0.455. The van der Waals surface area contributed by atoms with Crippen LogP contribution in [0.3, 0.4) is 0 Å². The van der Waals surface area contributed by atoms with Gasteiger partial charge in [-0.15, -0.1) is 0 Å². The molecule has 16 heavy (non-hydrogen) atoms. The van der Waals surface area contributed by atoms with Gasteiger partial charge >= 0.3 is 0 Å².